The second-order valence-corrected chi connectivity index (χ2v) is 13.7. The van der Waals surface area contributed by atoms with Gasteiger partial charge in [0.1, 0.15) is 23.9 Å². The standard InChI is InChI=1S/C34H46ClN3O10/c1-18-9-8-10-24(17-40)34(45)15-26(46-32(44)36-34)19(2)30-33(5,48-30)27(47-31(43)20(3)37(6)21(4)41)14-28(42)38(7)25-13-22(11-18)12-23(16-39)29(25)35/h8-10,12-13,19-20,24,26-27,30,39-40,45H,11,14-17H2,1-7H3,(H,36,44)/b10-8+,18-9+/t19-,20?,24+,26?,27+,30?,33?,34+/m1/s1. The Morgan fingerprint density at radius 3 is 2.58 bits per heavy atom. The highest BCUT2D eigenvalue weighted by molar-refractivity contribution is 6.34. The van der Waals surface area contributed by atoms with Crippen LogP contribution in [-0.2, 0) is 41.6 Å². The molecule has 0 saturated carbocycles. The number of rotatable bonds is 5. The maximum atomic E-state index is 13.9. The van der Waals surface area contributed by atoms with E-state index in [2.05, 4.69) is 5.32 Å². The number of fused-ring (bicyclic) bond motifs is 5. The second-order valence-electron chi connectivity index (χ2n) is 13.3. The number of epoxide rings is 1. The van der Waals surface area contributed by atoms with Gasteiger partial charge in [0.05, 0.1) is 36.4 Å². The van der Waals surface area contributed by atoms with Gasteiger partial charge in [0, 0.05) is 39.3 Å². The van der Waals surface area contributed by atoms with Gasteiger partial charge < -0.3 is 39.3 Å². The molecule has 4 unspecified atom stereocenters. The molecular weight excluding hydrogens is 646 g/mol. The molecule has 4 N–H and O–H groups in total. The molecule has 4 rings (SSSR count). The molecule has 3 aliphatic rings. The summed E-state index contributed by atoms with van der Waals surface area (Å²) in [6.45, 7) is 7.30. The molecule has 3 aliphatic heterocycles. The van der Waals surface area contributed by atoms with E-state index in [0.717, 1.165) is 11.1 Å². The predicted molar refractivity (Wildman–Crippen MR) is 176 cm³/mol. The van der Waals surface area contributed by atoms with E-state index in [1.54, 1.807) is 44.2 Å². The zero-order valence-corrected chi connectivity index (χ0v) is 29.1. The number of alkyl carbamates (subject to hydrolysis) is 1. The second kappa shape index (κ2) is 14.6. The number of halogens is 1. The van der Waals surface area contributed by atoms with Crippen LogP contribution in [0.2, 0.25) is 5.02 Å². The van der Waals surface area contributed by atoms with Crippen molar-refractivity contribution in [3.63, 3.8) is 0 Å². The number of aliphatic hydroxyl groups excluding tert-OH is 2. The molecule has 2 fully saturated rings. The van der Waals surface area contributed by atoms with E-state index in [1.165, 1.54) is 37.7 Å². The summed E-state index contributed by atoms with van der Waals surface area (Å²) in [5.41, 5.74) is -0.681. The van der Waals surface area contributed by atoms with Gasteiger partial charge >= 0.3 is 12.1 Å². The van der Waals surface area contributed by atoms with Gasteiger partial charge in [0.2, 0.25) is 11.8 Å². The molecule has 13 nitrogen and oxygen atoms in total. The Labute approximate surface area is 285 Å². The number of allylic oxidation sites excluding steroid dienone is 3. The smallest absolute Gasteiger partial charge is 0.409 e. The lowest BCUT2D eigenvalue weighted by Gasteiger charge is -2.42. The van der Waals surface area contributed by atoms with Gasteiger partial charge in [0.25, 0.3) is 0 Å². The molecule has 48 heavy (non-hydrogen) atoms. The molecule has 1 aromatic carbocycles. The molecule has 0 spiro atoms. The third-order valence-electron chi connectivity index (χ3n) is 9.83. The number of benzene rings is 1. The lowest BCUT2D eigenvalue weighted by molar-refractivity contribution is -0.161. The minimum atomic E-state index is -1.85. The van der Waals surface area contributed by atoms with E-state index >= 15 is 0 Å². The molecule has 0 aromatic heterocycles. The molecular formula is C34H46ClN3O10. The summed E-state index contributed by atoms with van der Waals surface area (Å²) in [7, 11) is 3.00. The van der Waals surface area contributed by atoms with Crippen molar-refractivity contribution in [1.82, 2.24) is 10.2 Å². The minimum absolute atomic E-state index is 0.0883. The number of esters is 1. The maximum Gasteiger partial charge on any atom is 0.409 e. The number of amides is 3. The average Bonchev–Trinajstić information content (AvgIpc) is 3.73. The Morgan fingerprint density at radius 1 is 1.27 bits per heavy atom. The Hall–Kier alpha value is -3.49. The highest BCUT2D eigenvalue weighted by Gasteiger charge is 2.64. The molecule has 8 atom stereocenters. The summed E-state index contributed by atoms with van der Waals surface area (Å²) in [4.78, 5) is 54.5. The first-order valence-electron chi connectivity index (χ1n) is 15.9. The summed E-state index contributed by atoms with van der Waals surface area (Å²) in [6, 6.07) is 2.52. The van der Waals surface area contributed by atoms with Gasteiger partial charge in [-0.25, -0.2) is 9.59 Å². The number of hydrogen-bond acceptors (Lipinski definition) is 10. The Morgan fingerprint density at radius 2 is 1.96 bits per heavy atom. The van der Waals surface area contributed by atoms with Gasteiger partial charge in [0.15, 0.2) is 5.72 Å². The van der Waals surface area contributed by atoms with Crippen LogP contribution in [0.1, 0.15) is 58.6 Å². The summed E-state index contributed by atoms with van der Waals surface area (Å²) in [5, 5.41) is 34.6. The van der Waals surface area contributed by atoms with Gasteiger partial charge in [-0.05, 0) is 44.4 Å². The van der Waals surface area contributed by atoms with Crippen molar-refractivity contribution >= 4 is 41.2 Å². The number of carbonyl (C=O) groups is 4. The van der Waals surface area contributed by atoms with Gasteiger partial charge in [-0.2, -0.15) is 0 Å². The van der Waals surface area contributed by atoms with Crippen molar-refractivity contribution in [3.05, 3.63) is 52.1 Å². The van der Waals surface area contributed by atoms with Crippen molar-refractivity contribution in [2.45, 2.75) is 96.2 Å². The highest BCUT2D eigenvalue weighted by Crippen LogP contribution is 2.49. The van der Waals surface area contributed by atoms with Crippen molar-refractivity contribution < 1.29 is 48.7 Å². The van der Waals surface area contributed by atoms with Crippen molar-refractivity contribution in [3.8, 4) is 0 Å². The lowest BCUT2D eigenvalue weighted by Crippen LogP contribution is -2.62. The van der Waals surface area contributed by atoms with Crippen molar-refractivity contribution in [2.75, 3.05) is 25.6 Å². The molecule has 14 heteroatoms. The number of carbonyl (C=O) groups excluding carboxylic acids is 4. The normalized spacial score (nSPS) is 33.3. The van der Waals surface area contributed by atoms with E-state index in [4.69, 9.17) is 25.8 Å². The number of anilines is 1. The average molecular weight is 692 g/mol. The van der Waals surface area contributed by atoms with Crippen LogP contribution in [0.4, 0.5) is 10.5 Å². The number of hydrogen-bond donors (Lipinski definition) is 4. The predicted octanol–water partition coefficient (Wildman–Crippen LogP) is 2.61. The first-order valence-corrected chi connectivity index (χ1v) is 16.3. The fraction of sp³-hybridized carbons (Fsp3) is 0.588. The number of nitrogens with zero attached hydrogens (tertiary/aromatic N) is 2. The molecule has 0 radical (unpaired) electrons. The Kier molecular flexibility index (Phi) is 11.3. The molecule has 264 valence electrons. The summed E-state index contributed by atoms with van der Waals surface area (Å²) in [5.74, 6) is -3.01. The van der Waals surface area contributed by atoms with Crippen molar-refractivity contribution in [2.24, 2.45) is 11.8 Å². The summed E-state index contributed by atoms with van der Waals surface area (Å²) < 4.78 is 17.7. The molecule has 2 saturated heterocycles. The van der Waals surface area contributed by atoms with Crippen LogP contribution in [0.25, 0.3) is 0 Å². The SMILES string of the molecule is CC(=O)N(C)C(C)C(=O)O[C@H]1CC(=O)N(C)c2cc(cc(CO)c2Cl)C/C(C)=C/C=C/[C@@H](CO)[C@@]2(O)CC(OC(=O)N2)[C@@H](C)C2OC21C. The molecule has 4 bridgehead atoms. The van der Waals surface area contributed by atoms with Crippen LogP contribution in [0.3, 0.4) is 0 Å². The molecule has 1 aromatic rings. The Balaban J connectivity index is 1.80. The van der Waals surface area contributed by atoms with Gasteiger partial charge in [-0.3, -0.25) is 14.9 Å². The molecule has 3 heterocycles. The van der Waals surface area contributed by atoms with E-state index in [0.29, 0.717) is 17.7 Å². The third kappa shape index (κ3) is 7.70. The third-order valence-corrected chi connectivity index (χ3v) is 10.3. The van der Waals surface area contributed by atoms with Crippen LogP contribution >= 0.6 is 11.6 Å². The number of nitrogens with one attached hydrogen (secondary N) is 1. The Bertz CT molecular complexity index is 1500. The molecule has 0 aliphatic carbocycles. The minimum Gasteiger partial charge on any atom is -0.457 e. The number of aliphatic hydroxyl groups is 3. The van der Waals surface area contributed by atoms with Gasteiger partial charge in [-0.1, -0.05) is 48.4 Å². The maximum absolute atomic E-state index is 13.9. The summed E-state index contributed by atoms with van der Waals surface area (Å²) in [6.07, 6.45) is 1.52. The first kappa shape index (κ1) is 37.3. The fourth-order valence-corrected chi connectivity index (χ4v) is 6.66. The van der Waals surface area contributed by atoms with Crippen LogP contribution < -0.4 is 10.2 Å². The molecule has 3 amide bonds. The van der Waals surface area contributed by atoms with Crippen LogP contribution in [0.15, 0.2) is 35.9 Å². The van der Waals surface area contributed by atoms with Crippen LogP contribution in [0.5, 0.6) is 0 Å². The van der Waals surface area contributed by atoms with Crippen LogP contribution in [0, 0.1) is 11.8 Å². The van der Waals surface area contributed by atoms with E-state index in [1.807, 2.05) is 6.92 Å². The summed E-state index contributed by atoms with van der Waals surface area (Å²) >= 11 is 6.67. The zero-order chi connectivity index (χ0) is 35.7. The lowest BCUT2D eigenvalue weighted by atomic mass is 9.81. The zero-order valence-electron chi connectivity index (χ0n) is 28.4. The van der Waals surface area contributed by atoms with E-state index in [-0.39, 0.29) is 30.4 Å². The quantitative estimate of drug-likeness (QED) is 0.265. The largest absolute Gasteiger partial charge is 0.457 e. The highest BCUT2D eigenvalue weighted by atomic mass is 35.5. The number of ether oxygens (including phenoxy) is 3. The fourth-order valence-electron chi connectivity index (χ4n) is 6.36. The van der Waals surface area contributed by atoms with Crippen LogP contribution in [-0.4, -0.2) is 100 Å². The van der Waals surface area contributed by atoms with Gasteiger partial charge in [-0.15, -0.1) is 0 Å². The van der Waals surface area contributed by atoms with Crippen molar-refractivity contribution in [1.29, 1.82) is 0 Å². The topological polar surface area (TPSA) is 178 Å². The van der Waals surface area contributed by atoms with E-state index in [9.17, 15) is 34.5 Å². The first-order chi connectivity index (χ1) is 22.4. The monoisotopic (exact) mass is 691 g/mol. The van der Waals surface area contributed by atoms with E-state index < -0.39 is 72.1 Å². The number of likely N-dealkylation sites (N-methyl/N-ethyl adjacent to an activating group) is 1.